The first kappa shape index (κ1) is 23.6. The van der Waals surface area contributed by atoms with Gasteiger partial charge < -0.3 is 30.7 Å². The van der Waals surface area contributed by atoms with Gasteiger partial charge in [-0.3, -0.25) is 19.1 Å². The van der Waals surface area contributed by atoms with E-state index in [9.17, 15) is 14.4 Å². The van der Waals surface area contributed by atoms with Gasteiger partial charge in [0.2, 0.25) is 11.8 Å². The van der Waals surface area contributed by atoms with Crippen LogP contribution in [0.1, 0.15) is 33.1 Å². The van der Waals surface area contributed by atoms with E-state index in [1.165, 1.54) is 20.3 Å². The molecule has 1 saturated carbocycles. The third-order valence-electron chi connectivity index (χ3n) is 5.91. The highest BCUT2D eigenvalue weighted by atomic mass is 16.5. The van der Waals surface area contributed by atoms with Gasteiger partial charge in [-0.15, -0.1) is 10.2 Å². The highest BCUT2D eigenvalue weighted by molar-refractivity contribution is 6.00. The number of rotatable bonds is 12. The average Bonchev–Trinajstić information content (AvgIpc) is 3.70. The number of para-hydroxylation sites is 1. The quantitative estimate of drug-likeness (QED) is 0.269. The molecule has 1 aliphatic rings. The minimum Gasteiger partial charge on any atom is -0.494 e. The van der Waals surface area contributed by atoms with Crippen LogP contribution >= 0.6 is 0 Å². The van der Waals surface area contributed by atoms with Gasteiger partial charge in [0.05, 0.1) is 36.4 Å². The van der Waals surface area contributed by atoms with E-state index >= 15 is 0 Å². The van der Waals surface area contributed by atoms with Crippen LogP contribution in [0.3, 0.4) is 0 Å². The molecular formula is C26H32N8O5. The van der Waals surface area contributed by atoms with Crippen molar-refractivity contribution in [2.75, 3.05) is 45.0 Å². The lowest BCUT2D eigenvalue weighted by Gasteiger charge is -2.17. The Balaban J connectivity index is 1.67. The van der Waals surface area contributed by atoms with Gasteiger partial charge in [0.15, 0.2) is 17.3 Å². The summed E-state index contributed by atoms with van der Waals surface area (Å²) >= 11 is 0. The van der Waals surface area contributed by atoms with Crippen molar-refractivity contribution in [3.8, 4) is 17.0 Å². The molecule has 206 valence electrons. The lowest BCUT2D eigenvalue weighted by molar-refractivity contribution is -0.124. The summed E-state index contributed by atoms with van der Waals surface area (Å²) in [6.45, 7) is -0.275. The Bertz CT molecular complexity index is 1470. The van der Waals surface area contributed by atoms with Crippen LogP contribution < -0.4 is 26.0 Å². The minimum atomic E-state index is -2.76. The van der Waals surface area contributed by atoms with Gasteiger partial charge in [-0.2, -0.15) is 5.10 Å². The van der Waals surface area contributed by atoms with Crippen molar-refractivity contribution < 1.29 is 28.0 Å². The first-order valence-corrected chi connectivity index (χ1v) is 12.2. The molecule has 1 aromatic carbocycles. The fourth-order valence-corrected chi connectivity index (χ4v) is 3.97. The molecule has 1 fully saturated rings. The van der Waals surface area contributed by atoms with E-state index in [2.05, 4.69) is 31.2 Å². The second kappa shape index (κ2) is 12.3. The van der Waals surface area contributed by atoms with Crippen molar-refractivity contribution >= 4 is 34.9 Å². The molecule has 0 atom stereocenters. The lowest BCUT2D eigenvalue weighted by atomic mass is 10.1. The number of aromatic nitrogens is 4. The summed E-state index contributed by atoms with van der Waals surface area (Å²) in [5.74, 6) is -1.05. The van der Waals surface area contributed by atoms with Gasteiger partial charge >= 0.3 is 0 Å². The summed E-state index contributed by atoms with van der Waals surface area (Å²) in [7, 11) is 2.93. The molecule has 4 N–H and O–H groups in total. The number of methoxy groups -OCH3 is 2. The van der Waals surface area contributed by atoms with E-state index in [4.69, 9.17) is 13.6 Å². The molecular weight excluding hydrogens is 504 g/mol. The first-order chi connectivity index (χ1) is 20.0. The fraction of sp³-hybridized carbons (Fsp3) is 0.385. The summed E-state index contributed by atoms with van der Waals surface area (Å²) in [4.78, 5) is 36.9. The number of aryl methyl sites for hydroxylation is 1. The molecule has 2 heterocycles. The van der Waals surface area contributed by atoms with Crippen LogP contribution in [-0.4, -0.2) is 72.0 Å². The zero-order valence-corrected chi connectivity index (χ0v) is 21.8. The molecule has 13 nitrogen and oxygen atoms in total. The first-order valence-electron chi connectivity index (χ1n) is 13.7. The van der Waals surface area contributed by atoms with Gasteiger partial charge in [0.25, 0.3) is 5.91 Å². The Morgan fingerprint density at radius 3 is 2.69 bits per heavy atom. The number of hydrogen-bond acceptors (Lipinski definition) is 9. The van der Waals surface area contributed by atoms with E-state index < -0.39 is 12.9 Å². The number of hydrogen-bond donors (Lipinski definition) is 4. The van der Waals surface area contributed by atoms with Gasteiger partial charge in [-0.05, 0) is 38.0 Å². The van der Waals surface area contributed by atoms with Crippen LogP contribution in [0.5, 0.6) is 5.75 Å². The molecule has 39 heavy (non-hydrogen) atoms. The van der Waals surface area contributed by atoms with Gasteiger partial charge in [-0.1, -0.05) is 6.07 Å². The SMILES string of the molecule is [2H]C([2H])([2H])NC(=O)c1nnc(NC(=O)C2CC2)cc1Nc1cccc(-c2cc(C)nn2CCNC(=O)COC)c1OC. The lowest BCUT2D eigenvalue weighted by Crippen LogP contribution is -2.30. The smallest absolute Gasteiger partial charge is 0.273 e. The molecule has 0 bridgehead atoms. The highest BCUT2D eigenvalue weighted by Gasteiger charge is 2.30. The Morgan fingerprint density at radius 2 is 1.97 bits per heavy atom. The standard InChI is InChI=1S/C26H32N8O5/c1-15-12-20(34(33-15)11-10-28-22(35)14-38-3)17-6-5-7-18(24(17)39-4)29-19-13-21(30-25(36)16-8-9-16)31-32-23(19)26(37)27-2/h5-7,12-13,16H,8-11,14H2,1-4H3,(H,27,37)(H,28,35)(H2,29,30,31,36)/i2D3. The van der Waals surface area contributed by atoms with Crippen molar-refractivity contribution in [2.45, 2.75) is 26.3 Å². The molecule has 4 rings (SSSR count). The minimum absolute atomic E-state index is 0.0469. The van der Waals surface area contributed by atoms with E-state index in [0.717, 1.165) is 18.5 Å². The van der Waals surface area contributed by atoms with E-state index in [-0.39, 0.29) is 41.5 Å². The fourth-order valence-electron chi connectivity index (χ4n) is 3.97. The maximum atomic E-state index is 12.8. The predicted octanol–water partition coefficient (Wildman–Crippen LogP) is 1.87. The summed E-state index contributed by atoms with van der Waals surface area (Å²) in [5, 5.41) is 22.8. The summed E-state index contributed by atoms with van der Waals surface area (Å²) in [6.07, 6.45) is 1.56. The number of amides is 3. The maximum absolute atomic E-state index is 12.8. The summed E-state index contributed by atoms with van der Waals surface area (Å²) < 4.78 is 34.6. The van der Waals surface area contributed by atoms with Crippen molar-refractivity contribution in [2.24, 2.45) is 5.92 Å². The number of carbonyl (C=O) groups is 3. The van der Waals surface area contributed by atoms with Crippen LogP contribution in [0.25, 0.3) is 11.3 Å². The molecule has 0 saturated heterocycles. The molecule has 0 aliphatic heterocycles. The molecule has 2 aromatic heterocycles. The molecule has 3 aromatic rings. The van der Waals surface area contributed by atoms with Crippen molar-refractivity contribution in [3.63, 3.8) is 0 Å². The molecule has 13 heteroatoms. The van der Waals surface area contributed by atoms with Crippen LogP contribution in [0.4, 0.5) is 17.2 Å². The summed E-state index contributed by atoms with van der Waals surface area (Å²) in [6, 6.07) is 8.57. The maximum Gasteiger partial charge on any atom is 0.273 e. The van der Waals surface area contributed by atoms with Crippen LogP contribution in [0.2, 0.25) is 0 Å². The number of benzene rings is 1. The molecule has 0 unspecified atom stereocenters. The third-order valence-corrected chi connectivity index (χ3v) is 5.91. The van der Waals surface area contributed by atoms with Crippen LogP contribution in [0, 0.1) is 12.8 Å². The van der Waals surface area contributed by atoms with E-state index in [0.29, 0.717) is 35.8 Å². The molecule has 3 amide bonds. The summed E-state index contributed by atoms with van der Waals surface area (Å²) in [5.41, 5.74) is 2.33. The Morgan fingerprint density at radius 1 is 1.15 bits per heavy atom. The van der Waals surface area contributed by atoms with Crippen LogP contribution in [0.15, 0.2) is 30.3 Å². The monoisotopic (exact) mass is 539 g/mol. The zero-order valence-electron chi connectivity index (χ0n) is 24.8. The molecule has 0 radical (unpaired) electrons. The van der Waals surface area contributed by atoms with E-state index in [1.807, 2.05) is 24.4 Å². The predicted molar refractivity (Wildman–Crippen MR) is 144 cm³/mol. The Labute approximate surface area is 229 Å². The number of ether oxygens (including phenoxy) is 2. The normalized spacial score (nSPS) is 14.0. The third kappa shape index (κ3) is 6.68. The highest BCUT2D eigenvalue weighted by Crippen LogP contribution is 2.39. The number of nitrogens with one attached hydrogen (secondary N) is 4. The van der Waals surface area contributed by atoms with Crippen molar-refractivity contribution in [1.29, 1.82) is 0 Å². The van der Waals surface area contributed by atoms with Crippen LogP contribution in [-0.2, 0) is 20.9 Å². The van der Waals surface area contributed by atoms with Gasteiger partial charge in [0.1, 0.15) is 6.61 Å². The van der Waals surface area contributed by atoms with Crippen molar-refractivity contribution in [1.82, 2.24) is 30.6 Å². The number of nitrogens with zero attached hydrogens (tertiary/aromatic N) is 4. The Kier molecular flexibility index (Phi) is 7.47. The van der Waals surface area contributed by atoms with Crippen molar-refractivity contribution in [3.05, 3.63) is 41.7 Å². The number of carbonyl (C=O) groups excluding carboxylic acids is 3. The zero-order chi connectivity index (χ0) is 30.4. The Hall–Kier alpha value is -4.52. The van der Waals surface area contributed by atoms with Gasteiger partial charge in [0, 0.05) is 42.3 Å². The van der Waals surface area contributed by atoms with E-state index in [1.54, 1.807) is 16.8 Å². The average molecular weight is 540 g/mol. The second-order valence-electron chi connectivity index (χ2n) is 8.90. The molecule has 1 aliphatic carbocycles. The largest absolute Gasteiger partial charge is 0.494 e. The second-order valence-corrected chi connectivity index (χ2v) is 8.90. The number of anilines is 3. The topological polar surface area (TPSA) is 161 Å². The van der Waals surface area contributed by atoms with Gasteiger partial charge in [-0.25, -0.2) is 0 Å². The molecule has 0 spiro atoms.